The number of pyridine rings is 2. The van der Waals surface area contributed by atoms with Gasteiger partial charge in [0.05, 0.1) is 11.4 Å². The van der Waals surface area contributed by atoms with E-state index >= 15 is 0 Å². The largest absolute Gasteiger partial charge is 0.397 e. The first-order chi connectivity index (χ1) is 13.7. The Balaban J connectivity index is 1.43. The van der Waals surface area contributed by atoms with Crippen LogP contribution in [0.1, 0.15) is 33.8 Å². The third kappa shape index (κ3) is 3.04. The number of nitrogens with zero attached hydrogens (tertiary/aromatic N) is 3. The molecule has 0 saturated heterocycles. The molecule has 140 valence electrons. The van der Waals surface area contributed by atoms with Gasteiger partial charge in [-0.3, -0.25) is 15.1 Å². The van der Waals surface area contributed by atoms with E-state index in [1.807, 2.05) is 17.5 Å². The van der Waals surface area contributed by atoms with Crippen LogP contribution in [0.3, 0.4) is 0 Å². The number of rotatable bonds is 3. The van der Waals surface area contributed by atoms with Gasteiger partial charge in [0, 0.05) is 34.4 Å². The zero-order valence-corrected chi connectivity index (χ0v) is 16.6. The second-order valence-corrected chi connectivity index (χ2v) is 8.58. The number of carbonyl (C=O) groups excluding carboxylic acids is 1. The summed E-state index contributed by atoms with van der Waals surface area (Å²) in [6, 6.07) is 5.89. The van der Waals surface area contributed by atoms with Gasteiger partial charge in [-0.1, -0.05) is 0 Å². The van der Waals surface area contributed by atoms with E-state index in [0.717, 1.165) is 40.0 Å². The molecule has 0 atom stereocenters. The molecule has 5 rings (SSSR count). The molecule has 0 aliphatic heterocycles. The number of hydrogen-bond acceptors (Lipinski definition) is 7. The Hall–Kier alpha value is -2.84. The van der Waals surface area contributed by atoms with E-state index in [9.17, 15) is 4.79 Å². The van der Waals surface area contributed by atoms with E-state index in [1.54, 1.807) is 12.4 Å². The quantitative estimate of drug-likeness (QED) is 0.520. The van der Waals surface area contributed by atoms with E-state index in [-0.39, 0.29) is 5.91 Å². The van der Waals surface area contributed by atoms with Crippen molar-refractivity contribution >= 4 is 49.6 Å². The summed E-state index contributed by atoms with van der Waals surface area (Å²) in [5.41, 5.74) is 11.0. The number of aromatic nitrogens is 3. The number of nitrogen functional groups attached to an aromatic ring is 1. The van der Waals surface area contributed by atoms with Gasteiger partial charge < -0.3 is 5.73 Å². The van der Waals surface area contributed by atoms with Gasteiger partial charge in [-0.25, -0.2) is 9.97 Å². The molecule has 6 nitrogen and oxygen atoms in total. The Kier molecular flexibility index (Phi) is 4.29. The van der Waals surface area contributed by atoms with Crippen molar-refractivity contribution in [3.63, 3.8) is 0 Å². The number of thiazole rings is 1. The highest BCUT2D eigenvalue weighted by molar-refractivity contribution is 7.21. The van der Waals surface area contributed by atoms with Gasteiger partial charge in [0.25, 0.3) is 5.91 Å². The lowest BCUT2D eigenvalue weighted by Crippen LogP contribution is -2.11. The lowest BCUT2D eigenvalue weighted by molar-refractivity contribution is 0.103. The van der Waals surface area contributed by atoms with Crippen LogP contribution in [0.25, 0.3) is 21.5 Å². The van der Waals surface area contributed by atoms with Crippen molar-refractivity contribution in [2.24, 2.45) is 0 Å². The highest BCUT2D eigenvalue weighted by Crippen LogP contribution is 2.36. The first kappa shape index (κ1) is 17.3. The number of hydrogen-bond donors (Lipinski definition) is 2. The smallest absolute Gasteiger partial charge is 0.269 e. The molecule has 1 amide bonds. The molecule has 0 spiro atoms. The summed E-state index contributed by atoms with van der Waals surface area (Å²) in [5, 5.41) is 6.21. The van der Waals surface area contributed by atoms with Crippen molar-refractivity contribution in [3.8, 4) is 11.3 Å². The summed E-state index contributed by atoms with van der Waals surface area (Å²) in [4.78, 5) is 27.4. The summed E-state index contributed by atoms with van der Waals surface area (Å²) in [7, 11) is 0. The molecule has 1 aliphatic rings. The average Bonchev–Trinajstić information content (AvgIpc) is 3.32. The highest BCUT2D eigenvalue weighted by Gasteiger charge is 2.21. The van der Waals surface area contributed by atoms with Crippen LogP contribution in [0.4, 0.5) is 10.8 Å². The zero-order valence-electron chi connectivity index (χ0n) is 14.9. The molecule has 1 aliphatic carbocycles. The van der Waals surface area contributed by atoms with Crippen molar-refractivity contribution in [2.75, 3.05) is 11.1 Å². The molecule has 0 bridgehead atoms. The minimum Gasteiger partial charge on any atom is -0.397 e. The van der Waals surface area contributed by atoms with Crippen molar-refractivity contribution in [1.29, 1.82) is 0 Å². The Morgan fingerprint density at radius 3 is 2.82 bits per heavy atom. The van der Waals surface area contributed by atoms with Crippen LogP contribution in [-0.2, 0) is 12.8 Å². The Morgan fingerprint density at radius 1 is 1.14 bits per heavy atom. The fourth-order valence-corrected chi connectivity index (χ4v) is 5.17. The number of fused-ring (bicyclic) bond motifs is 2. The third-order valence-electron chi connectivity index (χ3n) is 4.91. The van der Waals surface area contributed by atoms with E-state index in [0.29, 0.717) is 15.7 Å². The van der Waals surface area contributed by atoms with E-state index in [1.165, 1.54) is 41.1 Å². The monoisotopic (exact) mass is 407 g/mol. The van der Waals surface area contributed by atoms with Gasteiger partial charge >= 0.3 is 0 Å². The fourth-order valence-electron chi connectivity index (χ4n) is 3.47. The predicted molar refractivity (Wildman–Crippen MR) is 114 cm³/mol. The van der Waals surface area contributed by atoms with Gasteiger partial charge in [0.15, 0.2) is 5.13 Å². The second-order valence-electron chi connectivity index (χ2n) is 6.73. The molecule has 8 heteroatoms. The molecule has 28 heavy (non-hydrogen) atoms. The standard InChI is InChI=1S/C20H17N5OS2/c21-16-13-9-12-3-1-2-4-14(12)23-19(13)28-17(16)18(26)25-20-24-15(10-27-20)11-5-7-22-8-6-11/h5-10H,1-4,21H2,(H,24,25,26). The molecule has 0 fully saturated rings. The maximum atomic E-state index is 12.8. The van der Waals surface area contributed by atoms with Crippen LogP contribution in [-0.4, -0.2) is 20.9 Å². The minimum atomic E-state index is -0.242. The first-order valence-electron chi connectivity index (χ1n) is 9.07. The summed E-state index contributed by atoms with van der Waals surface area (Å²) < 4.78 is 0. The number of anilines is 2. The van der Waals surface area contributed by atoms with Crippen molar-refractivity contribution in [3.05, 3.63) is 52.1 Å². The van der Waals surface area contributed by atoms with E-state index < -0.39 is 0 Å². The van der Waals surface area contributed by atoms with Gasteiger partial charge in [-0.05, 0) is 49.4 Å². The number of amides is 1. The molecular weight excluding hydrogens is 390 g/mol. The van der Waals surface area contributed by atoms with Crippen LogP contribution in [0.5, 0.6) is 0 Å². The van der Waals surface area contributed by atoms with Gasteiger partial charge in [-0.2, -0.15) is 0 Å². The number of thiophene rings is 1. The average molecular weight is 408 g/mol. The van der Waals surface area contributed by atoms with Crippen LogP contribution < -0.4 is 11.1 Å². The summed E-state index contributed by atoms with van der Waals surface area (Å²) in [5.74, 6) is -0.242. The lowest BCUT2D eigenvalue weighted by Gasteiger charge is -2.14. The summed E-state index contributed by atoms with van der Waals surface area (Å²) in [6.45, 7) is 0. The van der Waals surface area contributed by atoms with E-state index in [4.69, 9.17) is 10.7 Å². The number of aryl methyl sites for hydroxylation is 2. The van der Waals surface area contributed by atoms with Gasteiger partial charge in [0.1, 0.15) is 9.71 Å². The maximum Gasteiger partial charge on any atom is 0.269 e. The molecule has 4 heterocycles. The molecule has 4 aromatic heterocycles. The Labute approximate surface area is 169 Å². The minimum absolute atomic E-state index is 0.242. The SMILES string of the molecule is Nc1c(C(=O)Nc2nc(-c3ccncc3)cs2)sc2nc3c(cc12)CCCC3. The molecule has 0 saturated carbocycles. The van der Waals surface area contributed by atoms with E-state index in [2.05, 4.69) is 21.4 Å². The maximum absolute atomic E-state index is 12.8. The Morgan fingerprint density at radius 2 is 1.96 bits per heavy atom. The second kappa shape index (κ2) is 6.96. The molecular formula is C20H17N5OS2. The molecule has 4 aromatic rings. The van der Waals surface area contributed by atoms with Crippen molar-refractivity contribution in [1.82, 2.24) is 15.0 Å². The van der Waals surface area contributed by atoms with Crippen molar-refractivity contribution < 1.29 is 4.79 Å². The first-order valence-corrected chi connectivity index (χ1v) is 10.8. The van der Waals surface area contributed by atoms with Crippen LogP contribution >= 0.6 is 22.7 Å². The van der Waals surface area contributed by atoms with Crippen LogP contribution in [0.15, 0.2) is 36.0 Å². The summed E-state index contributed by atoms with van der Waals surface area (Å²) >= 11 is 2.73. The third-order valence-corrected chi connectivity index (χ3v) is 6.78. The number of nitrogens with one attached hydrogen (secondary N) is 1. The topological polar surface area (TPSA) is 93.8 Å². The lowest BCUT2D eigenvalue weighted by atomic mass is 9.95. The van der Waals surface area contributed by atoms with Gasteiger partial charge in [0.2, 0.25) is 0 Å². The van der Waals surface area contributed by atoms with Gasteiger partial charge in [-0.15, -0.1) is 22.7 Å². The normalized spacial score (nSPS) is 13.4. The fraction of sp³-hybridized carbons (Fsp3) is 0.200. The zero-order chi connectivity index (χ0) is 19.1. The highest BCUT2D eigenvalue weighted by atomic mass is 32.1. The number of nitrogens with two attached hydrogens (primary N) is 1. The molecule has 0 radical (unpaired) electrons. The number of carbonyl (C=O) groups is 1. The Bertz CT molecular complexity index is 1180. The van der Waals surface area contributed by atoms with Crippen molar-refractivity contribution in [2.45, 2.75) is 25.7 Å². The van der Waals surface area contributed by atoms with Crippen LogP contribution in [0.2, 0.25) is 0 Å². The summed E-state index contributed by atoms with van der Waals surface area (Å²) in [6.07, 6.45) is 7.83. The molecule has 0 unspecified atom stereocenters. The van der Waals surface area contributed by atoms with Crippen LogP contribution in [0, 0.1) is 0 Å². The molecule has 3 N–H and O–H groups in total. The molecule has 0 aromatic carbocycles. The predicted octanol–water partition coefficient (Wildman–Crippen LogP) is 4.53.